The lowest BCUT2D eigenvalue weighted by molar-refractivity contribution is -0.156. The van der Waals surface area contributed by atoms with Crippen LogP contribution in [0.25, 0.3) is 10.8 Å². The number of rotatable bonds is 14. The van der Waals surface area contributed by atoms with E-state index in [1.807, 2.05) is 41.5 Å². The molecule has 0 fully saturated rings. The van der Waals surface area contributed by atoms with Crippen LogP contribution in [0.3, 0.4) is 0 Å². The van der Waals surface area contributed by atoms with Gasteiger partial charge in [0.25, 0.3) is 0 Å². The van der Waals surface area contributed by atoms with E-state index in [0.29, 0.717) is 11.1 Å². The third-order valence-corrected chi connectivity index (χ3v) is 8.06. The van der Waals surface area contributed by atoms with Crippen molar-refractivity contribution in [2.24, 2.45) is 4.99 Å². The largest absolute Gasteiger partial charge is 0.474 e. The fourth-order valence-electron chi connectivity index (χ4n) is 5.58. The molecule has 10 heteroatoms. The zero-order valence-electron chi connectivity index (χ0n) is 25.2. The number of hydrogen-bond acceptors (Lipinski definition) is 5. The minimum absolute atomic E-state index is 0.0516. The van der Waals surface area contributed by atoms with Crippen LogP contribution in [0, 0.1) is 0 Å². The van der Waals surface area contributed by atoms with E-state index >= 15 is 0 Å². The molecule has 0 saturated heterocycles. The van der Waals surface area contributed by atoms with Gasteiger partial charge in [-0.05, 0) is 46.9 Å². The Kier molecular flexibility index (Phi) is 11.4. The number of carboxylic acid groups (broad SMARTS) is 1. The first-order valence-corrected chi connectivity index (χ1v) is 15.3. The summed E-state index contributed by atoms with van der Waals surface area (Å²) in [6.45, 7) is 4.14. The standard InChI is InChI=1S/C34H40F3N3O4/c1-3-5-6-7-8-9-12-27(4-2)40-23-38-31(44-40)30-20-17-25(28-13-10-11-14-29(28)30)22-39(32(41)33(42)43)21-24-15-18-26(19-16-24)34(35,36)37/h10-11,13-20,23,27,31H,3-9,12,21-22H2,1-2H3,(H,42,43). The number of amides is 1. The van der Waals surface area contributed by atoms with E-state index in [0.717, 1.165) is 52.6 Å². The molecule has 236 valence electrons. The Balaban J connectivity index is 1.50. The molecule has 3 aromatic carbocycles. The van der Waals surface area contributed by atoms with Crippen LogP contribution in [0.4, 0.5) is 13.2 Å². The predicted molar refractivity (Wildman–Crippen MR) is 164 cm³/mol. The number of hydroxylamine groups is 2. The molecule has 1 heterocycles. The van der Waals surface area contributed by atoms with E-state index in [2.05, 4.69) is 18.8 Å². The molecule has 0 aromatic heterocycles. The second-order valence-corrected chi connectivity index (χ2v) is 11.2. The van der Waals surface area contributed by atoms with Crippen molar-refractivity contribution < 1.29 is 32.7 Å². The van der Waals surface area contributed by atoms with Crippen LogP contribution in [0.2, 0.25) is 0 Å². The maximum Gasteiger partial charge on any atom is 0.416 e. The monoisotopic (exact) mass is 611 g/mol. The number of carbonyl (C=O) groups excluding carboxylic acids is 1. The van der Waals surface area contributed by atoms with E-state index in [-0.39, 0.29) is 19.1 Å². The maximum atomic E-state index is 13.0. The lowest BCUT2D eigenvalue weighted by atomic mass is 9.98. The summed E-state index contributed by atoms with van der Waals surface area (Å²) < 4.78 is 39.0. The quantitative estimate of drug-likeness (QED) is 0.147. The van der Waals surface area contributed by atoms with E-state index in [9.17, 15) is 27.9 Å². The van der Waals surface area contributed by atoms with Gasteiger partial charge in [0, 0.05) is 18.7 Å². The molecular formula is C34H40F3N3O4. The van der Waals surface area contributed by atoms with E-state index in [4.69, 9.17) is 4.84 Å². The molecule has 1 N–H and O–H groups in total. The highest BCUT2D eigenvalue weighted by atomic mass is 19.4. The molecule has 1 amide bonds. The smallest absolute Gasteiger partial charge is 0.416 e. The number of carbonyl (C=O) groups is 2. The number of benzene rings is 3. The molecule has 44 heavy (non-hydrogen) atoms. The Morgan fingerprint density at radius 2 is 1.61 bits per heavy atom. The minimum atomic E-state index is -4.49. The van der Waals surface area contributed by atoms with Gasteiger partial charge in [0.15, 0.2) is 0 Å². The molecule has 7 nitrogen and oxygen atoms in total. The number of aliphatic imine (C=N–C) groups is 1. The third-order valence-electron chi connectivity index (χ3n) is 8.06. The topological polar surface area (TPSA) is 82.4 Å². The molecule has 0 aliphatic carbocycles. The Hall–Kier alpha value is -3.92. The molecule has 1 aliphatic rings. The zero-order chi connectivity index (χ0) is 31.7. The van der Waals surface area contributed by atoms with Gasteiger partial charge in [0.1, 0.15) is 6.34 Å². The van der Waals surface area contributed by atoms with E-state index in [1.165, 1.54) is 44.2 Å². The highest BCUT2D eigenvalue weighted by Gasteiger charge is 2.31. The van der Waals surface area contributed by atoms with Crippen LogP contribution in [0.1, 0.15) is 93.7 Å². The lowest BCUT2D eigenvalue weighted by Crippen LogP contribution is -2.35. The molecule has 3 aromatic rings. The predicted octanol–water partition coefficient (Wildman–Crippen LogP) is 8.28. The average molecular weight is 612 g/mol. The Morgan fingerprint density at radius 1 is 0.932 bits per heavy atom. The van der Waals surface area contributed by atoms with Gasteiger partial charge in [-0.15, -0.1) is 0 Å². The van der Waals surface area contributed by atoms with Crippen molar-refractivity contribution in [1.82, 2.24) is 9.96 Å². The summed E-state index contributed by atoms with van der Waals surface area (Å²) in [5.41, 5.74) is 1.10. The van der Waals surface area contributed by atoms with Crippen LogP contribution >= 0.6 is 0 Å². The summed E-state index contributed by atoms with van der Waals surface area (Å²) in [6.07, 6.45) is 6.05. The first-order chi connectivity index (χ1) is 21.1. The molecule has 4 rings (SSSR count). The van der Waals surface area contributed by atoms with Crippen molar-refractivity contribution in [3.63, 3.8) is 0 Å². The SMILES string of the molecule is CCCCCCCCC(CC)N1C=NC(c2ccc(CN(Cc3ccc(C(F)(F)F)cc3)C(=O)C(=O)O)c3ccccc23)O1. The van der Waals surface area contributed by atoms with Crippen LogP contribution < -0.4 is 0 Å². The zero-order valence-corrected chi connectivity index (χ0v) is 25.2. The Bertz CT molecular complexity index is 1440. The Morgan fingerprint density at radius 3 is 2.27 bits per heavy atom. The third kappa shape index (κ3) is 8.37. The van der Waals surface area contributed by atoms with Gasteiger partial charge < -0.3 is 10.0 Å². The number of carboxylic acids is 1. The van der Waals surface area contributed by atoms with Crippen molar-refractivity contribution in [2.45, 2.75) is 96.7 Å². The molecule has 1 aliphatic heterocycles. The molecule has 2 unspecified atom stereocenters. The van der Waals surface area contributed by atoms with Gasteiger partial charge >= 0.3 is 18.1 Å². The molecule has 0 bridgehead atoms. The second-order valence-electron chi connectivity index (χ2n) is 11.2. The number of hydrogen-bond donors (Lipinski definition) is 1. The number of fused-ring (bicyclic) bond motifs is 1. The van der Waals surface area contributed by atoms with E-state index in [1.54, 1.807) is 6.34 Å². The number of alkyl halides is 3. The van der Waals surface area contributed by atoms with Crippen molar-refractivity contribution in [3.05, 3.63) is 82.9 Å². The van der Waals surface area contributed by atoms with Gasteiger partial charge in [0.05, 0.1) is 11.6 Å². The summed E-state index contributed by atoms with van der Waals surface area (Å²) >= 11 is 0. The first-order valence-electron chi connectivity index (χ1n) is 15.3. The summed E-state index contributed by atoms with van der Waals surface area (Å²) in [5.74, 6) is -2.79. The summed E-state index contributed by atoms with van der Waals surface area (Å²) in [7, 11) is 0. The first kappa shape index (κ1) is 33.0. The van der Waals surface area contributed by atoms with Crippen LogP contribution in [-0.4, -0.2) is 39.3 Å². The normalized spacial score (nSPS) is 15.6. The highest BCUT2D eigenvalue weighted by molar-refractivity contribution is 6.31. The van der Waals surface area contributed by atoms with Gasteiger partial charge in [-0.2, -0.15) is 13.2 Å². The fraction of sp³-hybridized carbons (Fsp3) is 0.441. The highest BCUT2D eigenvalue weighted by Crippen LogP contribution is 2.34. The number of halogens is 3. The molecule has 0 radical (unpaired) electrons. The summed E-state index contributed by atoms with van der Waals surface area (Å²) in [6, 6.07) is 15.8. The van der Waals surface area contributed by atoms with Gasteiger partial charge in [0.2, 0.25) is 6.23 Å². The maximum absolute atomic E-state index is 13.0. The fourth-order valence-corrected chi connectivity index (χ4v) is 5.58. The second kappa shape index (κ2) is 15.2. The minimum Gasteiger partial charge on any atom is -0.474 e. The van der Waals surface area contributed by atoms with Crippen molar-refractivity contribution in [2.75, 3.05) is 0 Å². The Labute approximate surface area is 256 Å². The molecule has 0 saturated carbocycles. The summed E-state index contributed by atoms with van der Waals surface area (Å²) in [5, 5.41) is 13.0. The van der Waals surface area contributed by atoms with Crippen LogP contribution in [0.15, 0.2) is 65.7 Å². The molecular weight excluding hydrogens is 571 g/mol. The van der Waals surface area contributed by atoms with Crippen LogP contribution in [0.5, 0.6) is 0 Å². The van der Waals surface area contributed by atoms with Crippen molar-refractivity contribution in [3.8, 4) is 0 Å². The summed E-state index contributed by atoms with van der Waals surface area (Å²) in [4.78, 5) is 36.4. The number of nitrogens with zero attached hydrogens (tertiary/aromatic N) is 3. The van der Waals surface area contributed by atoms with Gasteiger partial charge in [-0.25, -0.2) is 19.7 Å². The number of aliphatic carboxylic acids is 1. The number of unbranched alkanes of at least 4 members (excludes halogenated alkanes) is 5. The molecule has 2 atom stereocenters. The van der Waals surface area contributed by atoms with Crippen molar-refractivity contribution >= 4 is 29.0 Å². The lowest BCUT2D eigenvalue weighted by Gasteiger charge is -2.26. The van der Waals surface area contributed by atoms with Crippen LogP contribution in [-0.2, 0) is 33.7 Å². The van der Waals surface area contributed by atoms with Gasteiger partial charge in [-0.3, -0.25) is 4.79 Å². The van der Waals surface area contributed by atoms with Crippen molar-refractivity contribution in [1.29, 1.82) is 0 Å². The average Bonchev–Trinajstić information content (AvgIpc) is 3.49. The molecule has 0 spiro atoms. The van der Waals surface area contributed by atoms with Gasteiger partial charge in [-0.1, -0.05) is 101 Å². The van der Waals surface area contributed by atoms with E-state index < -0.39 is 29.8 Å².